The smallest absolute Gasteiger partial charge is 0.118 e. The van der Waals surface area contributed by atoms with Gasteiger partial charge in [-0.3, -0.25) is 0 Å². The summed E-state index contributed by atoms with van der Waals surface area (Å²) >= 11 is 0. The van der Waals surface area contributed by atoms with E-state index < -0.39 is 5.60 Å². The molecule has 1 saturated heterocycles. The van der Waals surface area contributed by atoms with E-state index in [-0.39, 0.29) is 11.8 Å². The first-order chi connectivity index (χ1) is 14.7. The van der Waals surface area contributed by atoms with Crippen molar-refractivity contribution in [1.29, 1.82) is 0 Å². The van der Waals surface area contributed by atoms with Crippen molar-refractivity contribution in [3.8, 4) is 5.75 Å². The predicted molar refractivity (Wildman–Crippen MR) is 123 cm³/mol. The van der Waals surface area contributed by atoms with Gasteiger partial charge in [0.1, 0.15) is 11.4 Å². The fraction of sp³-hybridized carbons (Fsp3) is 0.556. The van der Waals surface area contributed by atoms with Crippen LogP contribution in [0.15, 0.2) is 54.6 Å². The summed E-state index contributed by atoms with van der Waals surface area (Å²) in [7, 11) is 1.70. The molecule has 0 radical (unpaired) electrons. The fourth-order valence-corrected chi connectivity index (χ4v) is 5.71. The van der Waals surface area contributed by atoms with Gasteiger partial charge in [0.25, 0.3) is 0 Å². The van der Waals surface area contributed by atoms with Crippen molar-refractivity contribution in [3.05, 3.63) is 65.7 Å². The Balaban J connectivity index is 1.76. The van der Waals surface area contributed by atoms with Gasteiger partial charge in [0.2, 0.25) is 0 Å². The second-order valence-electron chi connectivity index (χ2n) is 9.21. The van der Waals surface area contributed by atoms with Gasteiger partial charge in [-0.2, -0.15) is 0 Å². The van der Waals surface area contributed by atoms with Gasteiger partial charge in [-0.25, -0.2) is 0 Å². The van der Waals surface area contributed by atoms with Crippen LogP contribution in [0.25, 0.3) is 0 Å². The molecule has 162 valence electrons. The molecule has 0 bridgehead atoms. The van der Waals surface area contributed by atoms with Gasteiger partial charge in [0, 0.05) is 12.5 Å². The molecule has 0 amide bonds. The summed E-state index contributed by atoms with van der Waals surface area (Å²) in [6.45, 7) is 3.21. The molecule has 0 spiro atoms. The third-order valence-corrected chi connectivity index (χ3v) is 7.40. The summed E-state index contributed by atoms with van der Waals surface area (Å²) < 4.78 is 5.40. The average Bonchev–Trinajstić information content (AvgIpc) is 2.84. The number of benzene rings is 2. The highest BCUT2D eigenvalue weighted by atomic mass is 16.5. The molecule has 1 N–H and O–H groups in total. The highest BCUT2D eigenvalue weighted by Gasteiger charge is 2.46. The Labute approximate surface area is 182 Å². The number of methoxy groups -OCH3 is 1. The maximum Gasteiger partial charge on any atom is 0.118 e. The summed E-state index contributed by atoms with van der Waals surface area (Å²) in [5.74, 6) is 1.19. The molecule has 1 saturated carbocycles. The zero-order valence-corrected chi connectivity index (χ0v) is 18.4. The zero-order valence-electron chi connectivity index (χ0n) is 18.4. The molecule has 0 unspecified atom stereocenters. The molecule has 2 aromatic carbocycles. The summed E-state index contributed by atoms with van der Waals surface area (Å²) in [4.78, 5) is 2.58. The highest BCUT2D eigenvalue weighted by molar-refractivity contribution is 5.36. The molecule has 2 atom stereocenters. The Morgan fingerprint density at radius 3 is 2.17 bits per heavy atom. The van der Waals surface area contributed by atoms with Crippen LogP contribution >= 0.6 is 0 Å². The predicted octanol–water partition coefficient (Wildman–Crippen LogP) is 5.73. The van der Waals surface area contributed by atoms with Crippen molar-refractivity contribution in [1.82, 2.24) is 4.90 Å². The number of hydrogen-bond donors (Lipinski definition) is 1. The van der Waals surface area contributed by atoms with E-state index in [1.165, 1.54) is 44.1 Å². The summed E-state index contributed by atoms with van der Waals surface area (Å²) in [6.07, 6.45) is 9.80. The molecule has 1 aliphatic carbocycles. The van der Waals surface area contributed by atoms with Crippen LogP contribution < -0.4 is 4.74 Å². The molecular weight excluding hydrogens is 370 g/mol. The fourth-order valence-electron chi connectivity index (χ4n) is 5.71. The number of nitrogens with zero attached hydrogens (tertiary/aromatic N) is 1. The lowest BCUT2D eigenvalue weighted by Gasteiger charge is -2.46. The van der Waals surface area contributed by atoms with E-state index in [4.69, 9.17) is 4.74 Å². The molecule has 3 heteroatoms. The molecule has 1 aliphatic heterocycles. The molecule has 2 fully saturated rings. The van der Waals surface area contributed by atoms with Gasteiger partial charge in [0.05, 0.1) is 7.11 Å². The van der Waals surface area contributed by atoms with Crippen LogP contribution in [-0.4, -0.2) is 36.8 Å². The second kappa shape index (κ2) is 9.98. The molecule has 4 rings (SSSR count). The third-order valence-electron chi connectivity index (χ3n) is 7.40. The van der Waals surface area contributed by atoms with Crippen molar-refractivity contribution in [3.63, 3.8) is 0 Å². The van der Waals surface area contributed by atoms with E-state index in [2.05, 4.69) is 47.4 Å². The van der Waals surface area contributed by atoms with Gasteiger partial charge >= 0.3 is 0 Å². The van der Waals surface area contributed by atoms with Gasteiger partial charge in [0.15, 0.2) is 0 Å². The quantitative estimate of drug-likeness (QED) is 0.636. The van der Waals surface area contributed by atoms with Crippen LogP contribution in [0.2, 0.25) is 0 Å². The SMILES string of the molecule is COc1ccc([C@](O)(C2CCCCC2)[C@H](CN2CCCCC2)c2ccccc2)cc1. The Kier molecular flexibility index (Phi) is 7.12. The van der Waals surface area contributed by atoms with Gasteiger partial charge in [-0.1, -0.05) is 68.1 Å². The van der Waals surface area contributed by atoms with E-state index in [0.717, 1.165) is 43.8 Å². The van der Waals surface area contributed by atoms with Crippen LogP contribution in [0.5, 0.6) is 5.75 Å². The normalized spacial score (nSPS) is 21.7. The molecule has 2 aromatic rings. The third kappa shape index (κ3) is 4.58. The first-order valence-electron chi connectivity index (χ1n) is 11.9. The number of ether oxygens (including phenoxy) is 1. The number of piperidine rings is 1. The van der Waals surface area contributed by atoms with Crippen molar-refractivity contribution in [2.75, 3.05) is 26.7 Å². The second-order valence-corrected chi connectivity index (χ2v) is 9.21. The number of likely N-dealkylation sites (tertiary alicyclic amines) is 1. The molecule has 30 heavy (non-hydrogen) atoms. The Hall–Kier alpha value is -1.84. The molecule has 3 nitrogen and oxygen atoms in total. The van der Waals surface area contributed by atoms with Crippen LogP contribution in [0.1, 0.15) is 68.4 Å². The van der Waals surface area contributed by atoms with Crippen LogP contribution in [0, 0.1) is 5.92 Å². The maximum atomic E-state index is 12.6. The van der Waals surface area contributed by atoms with E-state index in [9.17, 15) is 5.11 Å². The topological polar surface area (TPSA) is 32.7 Å². The van der Waals surface area contributed by atoms with Crippen molar-refractivity contribution >= 4 is 0 Å². The molecule has 2 aliphatic rings. The maximum absolute atomic E-state index is 12.6. The molecule has 1 heterocycles. The first kappa shape index (κ1) is 21.4. The summed E-state index contributed by atoms with van der Waals surface area (Å²) in [5, 5.41) is 12.6. The summed E-state index contributed by atoms with van der Waals surface area (Å²) in [6, 6.07) is 18.9. The van der Waals surface area contributed by atoms with Crippen LogP contribution in [0.4, 0.5) is 0 Å². The summed E-state index contributed by atoms with van der Waals surface area (Å²) in [5.41, 5.74) is 1.43. The monoisotopic (exact) mass is 407 g/mol. The van der Waals surface area contributed by atoms with Gasteiger partial charge in [-0.05, 0) is 68.0 Å². The lowest BCUT2D eigenvalue weighted by atomic mass is 9.65. The standard InChI is InChI=1S/C27H37NO2/c1-30-25-17-15-24(16-18-25)27(29,23-13-7-3-8-14-23)26(22-11-5-2-6-12-22)21-28-19-9-4-10-20-28/h2,5-6,11-12,15-18,23,26,29H,3-4,7-10,13-14,19-21H2,1H3/t26-,27-/m1/s1. The van der Waals surface area contributed by atoms with Crippen molar-refractivity contribution in [2.24, 2.45) is 5.92 Å². The Morgan fingerprint density at radius 1 is 0.900 bits per heavy atom. The van der Waals surface area contributed by atoms with Crippen molar-refractivity contribution < 1.29 is 9.84 Å². The first-order valence-corrected chi connectivity index (χ1v) is 11.9. The number of aliphatic hydroxyl groups is 1. The minimum Gasteiger partial charge on any atom is -0.497 e. The Morgan fingerprint density at radius 2 is 1.53 bits per heavy atom. The Bertz CT molecular complexity index is 763. The van der Waals surface area contributed by atoms with E-state index in [1.807, 2.05) is 12.1 Å². The highest BCUT2D eigenvalue weighted by Crippen LogP contribution is 2.48. The largest absolute Gasteiger partial charge is 0.497 e. The lowest BCUT2D eigenvalue weighted by Crippen LogP contribution is -2.47. The molecular formula is C27H37NO2. The van der Waals surface area contributed by atoms with E-state index in [1.54, 1.807) is 7.11 Å². The van der Waals surface area contributed by atoms with E-state index in [0.29, 0.717) is 0 Å². The van der Waals surface area contributed by atoms with Gasteiger partial charge in [-0.15, -0.1) is 0 Å². The number of hydrogen-bond acceptors (Lipinski definition) is 3. The molecule has 0 aromatic heterocycles. The van der Waals surface area contributed by atoms with E-state index >= 15 is 0 Å². The average molecular weight is 408 g/mol. The minimum absolute atomic E-state index is 0.0632. The van der Waals surface area contributed by atoms with Gasteiger partial charge < -0.3 is 14.7 Å². The van der Waals surface area contributed by atoms with Crippen LogP contribution in [-0.2, 0) is 5.60 Å². The number of rotatable bonds is 7. The van der Waals surface area contributed by atoms with Crippen molar-refractivity contribution in [2.45, 2.75) is 62.9 Å². The lowest BCUT2D eigenvalue weighted by molar-refractivity contribution is -0.0710. The zero-order chi connectivity index (χ0) is 20.8. The minimum atomic E-state index is -0.870. The van der Waals surface area contributed by atoms with Crippen LogP contribution in [0.3, 0.4) is 0 Å².